The molecule has 6 heteroatoms. The maximum absolute atomic E-state index is 12.1. The second-order valence-electron chi connectivity index (χ2n) is 5.06. The molecular formula is C14H19Br2N3O. The number of benzene rings is 1. The summed E-state index contributed by atoms with van der Waals surface area (Å²) in [4.78, 5) is 16.8. The molecule has 1 fully saturated rings. The van der Waals surface area contributed by atoms with Gasteiger partial charge in [0.25, 0.3) is 5.91 Å². The molecule has 1 amide bonds. The lowest BCUT2D eigenvalue weighted by atomic mass is 10.2. The van der Waals surface area contributed by atoms with Gasteiger partial charge in [0.2, 0.25) is 0 Å². The van der Waals surface area contributed by atoms with Gasteiger partial charge in [-0.2, -0.15) is 0 Å². The minimum absolute atomic E-state index is 0.0267. The van der Waals surface area contributed by atoms with Crippen molar-refractivity contribution in [2.75, 3.05) is 46.3 Å². The maximum Gasteiger partial charge on any atom is 0.251 e. The largest absolute Gasteiger partial charge is 0.351 e. The van der Waals surface area contributed by atoms with Gasteiger partial charge in [0, 0.05) is 53.8 Å². The van der Waals surface area contributed by atoms with E-state index in [1.807, 2.05) is 18.2 Å². The van der Waals surface area contributed by atoms with Crippen molar-refractivity contribution in [3.8, 4) is 0 Å². The quantitative estimate of drug-likeness (QED) is 0.835. The zero-order valence-electron chi connectivity index (χ0n) is 11.5. The molecule has 1 aliphatic heterocycles. The fourth-order valence-electron chi connectivity index (χ4n) is 2.19. The number of piperazine rings is 1. The highest BCUT2D eigenvalue weighted by Gasteiger charge is 2.13. The van der Waals surface area contributed by atoms with Gasteiger partial charge < -0.3 is 10.2 Å². The molecule has 20 heavy (non-hydrogen) atoms. The van der Waals surface area contributed by atoms with Gasteiger partial charge in [0.05, 0.1) is 0 Å². The molecule has 1 aliphatic rings. The minimum Gasteiger partial charge on any atom is -0.351 e. The van der Waals surface area contributed by atoms with Crippen LogP contribution < -0.4 is 5.32 Å². The summed E-state index contributed by atoms with van der Waals surface area (Å²) in [5.41, 5.74) is 0.671. The summed E-state index contributed by atoms with van der Waals surface area (Å²) in [5, 5.41) is 2.98. The molecule has 0 saturated carbocycles. The summed E-state index contributed by atoms with van der Waals surface area (Å²) >= 11 is 6.79. The van der Waals surface area contributed by atoms with Gasteiger partial charge in [-0.15, -0.1) is 0 Å². The van der Waals surface area contributed by atoms with Crippen LogP contribution in [0.3, 0.4) is 0 Å². The molecule has 0 aromatic heterocycles. The first-order valence-corrected chi connectivity index (χ1v) is 8.28. The first-order valence-electron chi connectivity index (χ1n) is 6.70. The molecule has 1 N–H and O–H groups in total. The molecule has 0 bridgehead atoms. The summed E-state index contributed by atoms with van der Waals surface area (Å²) < 4.78 is 1.80. The number of rotatable bonds is 4. The highest BCUT2D eigenvalue weighted by atomic mass is 79.9. The Kier molecular flexibility index (Phi) is 6.01. The molecule has 0 spiro atoms. The Labute approximate surface area is 136 Å². The van der Waals surface area contributed by atoms with Crippen LogP contribution in [0.5, 0.6) is 0 Å². The molecule has 110 valence electrons. The number of amides is 1. The Morgan fingerprint density at radius 1 is 1.15 bits per heavy atom. The Morgan fingerprint density at radius 2 is 1.75 bits per heavy atom. The number of hydrogen-bond acceptors (Lipinski definition) is 3. The lowest BCUT2D eigenvalue weighted by Crippen LogP contribution is -2.46. The van der Waals surface area contributed by atoms with E-state index in [1.54, 1.807) is 0 Å². The molecule has 1 heterocycles. The van der Waals surface area contributed by atoms with Gasteiger partial charge >= 0.3 is 0 Å². The van der Waals surface area contributed by atoms with E-state index in [2.05, 4.69) is 54.0 Å². The number of nitrogens with zero attached hydrogens (tertiary/aromatic N) is 2. The van der Waals surface area contributed by atoms with Crippen molar-refractivity contribution in [1.29, 1.82) is 0 Å². The fourth-order valence-corrected chi connectivity index (χ4v) is 3.48. The van der Waals surface area contributed by atoms with Crippen LogP contribution >= 0.6 is 31.9 Å². The SMILES string of the molecule is CN1CCN(CCNC(=O)c2cc(Br)cc(Br)c2)CC1. The van der Waals surface area contributed by atoms with Crippen LogP contribution in [0.4, 0.5) is 0 Å². The fraction of sp³-hybridized carbons (Fsp3) is 0.500. The average molecular weight is 405 g/mol. The summed E-state index contributed by atoms with van der Waals surface area (Å²) in [6.07, 6.45) is 0. The molecule has 4 nitrogen and oxygen atoms in total. The second kappa shape index (κ2) is 7.54. The van der Waals surface area contributed by atoms with E-state index in [0.717, 1.165) is 41.7 Å². The van der Waals surface area contributed by atoms with Crippen LogP contribution in [-0.4, -0.2) is 62.0 Å². The Hall–Kier alpha value is -0.430. The van der Waals surface area contributed by atoms with Crippen molar-refractivity contribution >= 4 is 37.8 Å². The van der Waals surface area contributed by atoms with Gasteiger partial charge in [-0.3, -0.25) is 9.69 Å². The zero-order chi connectivity index (χ0) is 14.5. The Bertz CT molecular complexity index is 453. The van der Waals surface area contributed by atoms with E-state index in [-0.39, 0.29) is 5.91 Å². The van der Waals surface area contributed by atoms with Gasteiger partial charge in [-0.25, -0.2) is 0 Å². The lowest BCUT2D eigenvalue weighted by Gasteiger charge is -2.32. The first-order chi connectivity index (χ1) is 9.54. The molecule has 0 unspecified atom stereocenters. The van der Waals surface area contributed by atoms with Gasteiger partial charge in [0.15, 0.2) is 0 Å². The monoisotopic (exact) mass is 403 g/mol. The molecule has 0 aliphatic carbocycles. The molecule has 2 rings (SSSR count). The van der Waals surface area contributed by atoms with Crippen molar-refractivity contribution in [2.24, 2.45) is 0 Å². The van der Waals surface area contributed by atoms with Gasteiger partial charge in [0.1, 0.15) is 0 Å². The van der Waals surface area contributed by atoms with E-state index in [4.69, 9.17) is 0 Å². The number of nitrogens with one attached hydrogen (secondary N) is 1. The molecule has 0 radical (unpaired) electrons. The third-order valence-electron chi connectivity index (χ3n) is 3.43. The maximum atomic E-state index is 12.1. The number of likely N-dealkylation sites (N-methyl/N-ethyl adjacent to an activating group) is 1. The predicted molar refractivity (Wildman–Crippen MR) is 88.1 cm³/mol. The van der Waals surface area contributed by atoms with Gasteiger partial charge in [-0.05, 0) is 25.2 Å². The van der Waals surface area contributed by atoms with Crippen molar-refractivity contribution < 1.29 is 4.79 Å². The van der Waals surface area contributed by atoms with E-state index in [9.17, 15) is 4.79 Å². The van der Waals surface area contributed by atoms with Crippen LogP contribution in [0.2, 0.25) is 0 Å². The Morgan fingerprint density at radius 3 is 2.35 bits per heavy atom. The van der Waals surface area contributed by atoms with Crippen LogP contribution in [0.15, 0.2) is 27.1 Å². The third-order valence-corrected chi connectivity index (χ3v) is 4.35. The molecule has 1 aromatic carbocycles. The van der Waals surface area contributed by atoms with E-state index >= 15 is 0 Å². The number of halogens is 2. The highest BCUT2D eigenvalue weighted by Crippen LogP contribution is 2.19. The summed E-state index contributed by atoms with van der Waals surface area (Å²) in [6, 6.07) is 5.58. The third kappa shape index (κ3) is 4.84. The molecule has 0 atom stereocenters. The van der Waals surface area contributed by atoms with Crippen LogP contribution in [0.25, 0.3) is 0 Å². The van der Waals surface area contributed by atoms with Crippen molar-refractivity contribution in [1.82, 2.24) is 15.1 Å². The highest BCUT2D eigenvalue weighted by molar-refractivity contribution is 9.11. The van der Waals surface area contributed by atoms with Gasteiger partial charge in [-0.1, -0.05) is 31.9 Å². The average Bonchev–Trinajstić information content (AvgIpc) is 2.40. The van der Waals surface area contributed by atoms with Crippen molar-refractivity contribution in [3.05, 3.63) is 32.7 Å². The topological polar surface area (TPSA) is 35.6 Å². The minimum atomic E-state index is -0.0267. The van der Waals surface area contributed by atoms with E-state index in [0.29, 0.717) is 12.1 Å². The number of carbonyl (C=O) groups is 1. The lowest BCUT2D eigenvalue weighted by molar-refractivity contribution is 0.0941. The number of carbonyl (C=O) groups excluding carboxylic acids is 1. The standard InChI is InChI=1S/C14H19Br2N3O/c1-18-4-6-19(7-5-18)3-2-17-14(20)11-8-12(15)10-13(16)9-11/h8-10H,2-7H2,1H3,(H,17,20). The summed E-state index contributed by atoms with van der Waals surface area (Å²) in [7, 11) is 2.14. The predicted octanol–water partition coefficient (Wildman–Crippen LogP) is 2.19. The van der Waals surface area contributed by atoms with E-state index < -0.39 is 0 Å². The van der Waals surface area contributed by atoms with Crippen molar-refractivity contribution in [2.45, 2.75) is 0 Å². The van der Waals surface area contributed by atoms with Crippen LogP contribution in [-0.2, 0) is 0 Å². The van der Waals surface area contributed by atoms with Crippen LogP contribution in [0, 0.1) is 0 Å². The first kappa shape index (κ1) is 15.9. The van der Waals surface area contributed by atoms with Crippen molar-refractivity contribution in [3.63, 3.8) is 0 Å². The normalized spacial score (nSPS) is 17.1. The molecule has 1 saturated heterocycles. The Balaban J connectivity index is 1.77. The summed E-state index contributed by atoms with van der Waals surface area (Å²) in [6.45, 7) is 5.96. The zero-order valence-corrected chi connectivity index (χ0v) is 14.7. The smallest absolute Gasteiger partial charge is 0.251 e. The van der Waals surface area contributed by atoms with Crippen LogP contribution in [0.1, 0.15) is 10.4 Å². The van der Waals surface area contributed by atoms with E-state index in [1.165, 1.54) is 0 Å². The molecule has 1 aromatic rings. The summed E-state index contributed by atoms with van der Waals surface area (Å²) in [5.74, 6) is -0.0267. The second-order valence-corrected chi connectivity index (χ2v) is 6.89. The molecular weight excluding hydrogens is 386 g/mol. The number of hydrogen-bond donors (Lipinski definition) is 1.